The fourth-order valence-corrected chi connectivity index (χ4v) is 2.33. The van der Waals surface area contributed by atoms with Crippen LogP contribution >= 0.6 is 0 Å². The van der Waals surface area contributed by atoms with E-state index in [2.05, 4.69) is 6.92 Å². The summed E-state index contributed by atoms with van der Waals surface area (Å²) in [5, 5.41) is 0. The van der Waals surface area contributed by atoms with Crippen molar-refractivity contribution in [3.05, 3.63) is 0 Å². The van der Waals surface area contributed by atoms with Gasteiger partial charge in [0.2, 0.25) is 0 Å². The van der Waals surface area contributed by atoms with Crippen LogP contribution in [-0.4, -0.2) is 28.0 Å². The standard InChI is InChI=1S/C12H25.H2O.Sn/c1-3-5-7-9-11-12-10-8-6-4-2;;/h1,3-12H2,2H3;1H2;. The van der Waals surface area contributed by atoms with Crippen LogP contribution in [0.1, 0.15) is 71.1 Å². The van der Waals surface area contributed by atoms with Crippen LogP contribution in [0.25, 0.3) is 0 Å². The molecule has 2 heteroatoms. The second kappa shape index (κ2) is 16.2. The van der Waals surface area contributed by atoms with Gasteiger partial charge in [0.1, 0.15) is 0 Å². The Morgan fingerprint density at radius 3 is 1.36 bits per heavy atom. The van der Waals surface area contributed by atoms with Crippen molar-refractivity contribution < 1.29 is 5.48 Å². The van der Waals surface area contributed by atoms with Gasteiger partial charge in [-0.05, 0) is 0 Å². The van der Waals surface area contributed by atoms with Gasteiger partial charge in [-0.3, -0.25) is 0 Å². The first-order chi connectivity index (χ1) is 6.41. The minimum atomic E-state index is 0. The molecule has 0 aliphatic heterocycles. The number of unbranched alkanes of at least 4 members (excludes halogenated alkanes) is 9. The molecule has 0 bridgehead atoms. The maximum absolute atomic E-state index is 2.28. The van der Waals surface area contributed by atoms with Gasteiger partial charge in [0.05, 0.1) is 0 Å². The summed E-state index contributed by atoms with van der Waals surface area (Å²) >= 11 is 1.72. The Balaban J connectivity index is 0. The normalized spacial score (nSPS) is 9.86. The van der Waals surface area contributed by atoms with E-state index >= 15 is 0 Å². The Labute approximate surface area is 103 Å². The third kappa shape index (κ3) is 15.2. The van der Waals surface area contributed by atoms with Gasteiger partial charge in [-0.1, -0.05) is 0 Å². The number of hydrogen-bond donors (Lipinski definition) is 0. The summed E-state index contributed by atoms with van der Waals surface area (Å²) < 4.78 is 1.46. The fourth-order valence-electron chi connectivity index (χ4n) is 1.61. The van der Waals surface area contributed by atoms with Gasteiger partial charge in [-0.2, -0.15) is 0 Å². The summed E-state index contributed by atoms with van der Waals surface area (Å²) in [5.74, 6) is 0. The zero-order valence-corrected chi connectivity index (χ0v) is 12.6. The molecular weight excluding hydrogens is 279 g/mol. The molecule has 0 saturated heterocycles. The summed E-state index contributed by atoms with van der Waals surface area (Å²) in [4.78, 5) is 0. The SMILES string of the molecule is CCCCCCCCCCC[CH2][Sn].O. The third-order valence-corrected chi connectivity index (χ3v) is 3.54. The zero-order valence-electron chi connectivity index (χ0n) is 9.78. The van der Waals surface area contributed by atoms with Crippen molar-refractivity contribution in [2.45, 2.75) is 75.6 Å². The molecule has 0 unspecified atom stereocenters. The topological polar surface area (TPSA) is 31.5 Å². The minimum absolute atomic E-state index is 0. The average molecular weight is 306 g/mol. The predicted octanol–water partition coefficient (Wildman–Crippen LogP) is 3.67. The third-order valence-electron chi connectivity index (χ3n) is 2.53. The average Bonchev–Trinajstić information content (AvgIpc) is 2.16. The van der Waals surface area contributed by atoms with Crippen LogP contribution in [0, 0.1) is 0 Å². The Kier molecular flexibility index (Phi) is 19.9. The molecule has 0 spiro atoms. The van der Waals surface area contributed by atoms with E-state index in [0.29, 0.717) is 0 Å². The fraction of sp³-hybridized carbons (Fsp3) is 1.00. The van der Waals surface area contributed by atoms with Crippen molar-refractivity contribution in [3.8, 4) is 0 Å². The quantitative estimate of drug-likeness (QED) is 0.436. The van der Waals surface area contributed by atoms with Gasteiger partial charge in [-0.25, -0.2) is 0 Å². The molecule has 0 fully saturated rings. The number of hydrogen-bond acceptors (Lipinski definition) is 0. The first-order valence-electron chi connectivity index (χ1n) is 6.06. The Morgan fingerprint density at radius 2 is 1.00 bits per heavy atom. The molecule has 2 N–H and O–H groups in total. The van der Waals surface area contributed by atoms with Crippen LogP contribution in [-0.2, 0) is 0 Å². The van der Waals surface area contributed by atoms with Gasteiger partial charge in [0.25, 0.3) is 0 Å². The first-order valence-corrected chi connectivity index (χ1v) is 8.08. The largest absolute Gasteiger partial charge is 0.412 e. The van der Waals surface area contributed by atoms with E-state index in [1.54, 1.807) is 22.5 Å². The van der Waals surface area contributed by atoms with E-state index in [9.17, 15) is 0 Å². The Morgan fingerprint density at radius 1 is 0.643 bits per heavy atom. The van der Waals surface area contributed by atoms with Crippen LogP contribution in [0.5, 0.6) is 0 Å². The van der Waals surface area contributed by atoms with Crippen molar-refractivity contribution in [3.63, 3.8) is 0 Å². The van der Waals surface area contributed by atoms with Crippen molar-refractivity contribution >= 4 is 22.5 Å². The van der Waals surface area contributed by atoms with Gasteiger partial charge in [-0.15, -0.1) is 0 Å². The predicted molar refractivity (Wildman–Crippen MR) is 66.0 cm³/mol. The van der Waals surface area contributed by atoms with Gasteiger partial charge in [0, 0.05) is 0 Å². The Hall–Kier alpha value is 0.759. The van der Waals surface area contributed by atoms with Crippen LogP contribution in [0.2, 0.25) is 4.44 Å². The molecule has 0 amide bonds. The van der Waals surface area contributed by atoms with Crippen molar-refractivity contribution in [2.75, 3.05) is 0 Å². The maximum Gasteiger partial charge on any atom is -0.412 e. The summed E-state index contributed by atoms with van der Waals surface area (Å²) in [6, 6.07) is 0. The monoisotopic (exact) mass is 307 g/mol. The molecule has 0 aliphatic carbocycles. The van der Waals surface area contributed by atoms with Gasteiger partial charge < -0.3 is 5.48 Å². The molecule has 0 aliphatic rings. The van der Waals surface area contributed by atoms with Gasteiger partial charge >= 0.3 is 98.1 Å². The molecule has 0 aromatic carbocycles. The van der Waals surface area contributed by atoms with E-state index < -0.39 is 0 Å². The molecule has 0 rings (SSSR count). The van der Waals surface area contributed by atoms with E-state index in [0.717, 1.165) is 0 Å². The number of rotatable bonds is 10. The summed E-state index contributed by atoms with van der Waals surface area (Å²) in [5.41, 5.74) is 0. The molecule has 0 aromatic rings. The second-order valence-corrected chi connectivity index (χ2v) is 5.36. The Bertz CT molecular complexity index is 76.4. The molecule has 3 radical (unpaired) electrons. The maximum atomic E-state index is 2.28. The molecule has 0 aromatic heterocycles. The van der Waals surface area contributed by atoms with Crippen molar-refractivity contribution in [1.29, 1.82) is 0 Å². The van der Waals surface area contributed by atoms with Crippen molar-refractivity contribution in [1.82, 2.24) is 0 Å². The molecular formula is C12H27OSn. The molecule has 0 atom stereocenters. The van der Waals surface area contributed by atoms with Crippen LogP contribution in [0.3, 0.4) is 0 Å². The summed E-state index contributed by atoms with van der Waals surface area (Å²) in [6.45, 7) is 2.28. The summed E-state index contributed by atoms with van der Waals surface area (Å²) in [7, 11) is 0. The molecule has 85 valence electrons. The zero-order chi connectivity index (χ0) is 9.78. The van der Waals surface area contributed by atoms with Crippen molar-refractivity contribution in [2.24, 2.45) is 0 Å². The minimum Gasteiger partial charge on any atom is -0.412 e. The van der Waals surface area contributed by atoms with E-state index in [1.807, 2.05) is 0 Å². The van der Waals surface area contributed by atoms with E-state index in [1.165, 1.54) is 68.6 Å². The van der Waals surface area contributed by atoms with E-state index in [4.69, 9.17) is 0 Å². The van der Waals surface area contributed by atoms with E-state index in [-0.39, 0.29) is 5.48 Å². The second-order valence-electron chi connectivity index (χ2n) is 3.93. The summed E-state index contributed by atoms with van der Waals surface area (Å²) in [6.07, 6.45) is 14.7. The molecule has 0 heterocycles. The molecule has 14 heavy (non-hydrogen) atoms. The molecule has 1 nitrogen and oxygen atoms in total. The van der Waals surface area contributed by atoms with Crippen LogP contribution in [0.4, 0.5) is 0 Å². The van der Waals surface area contributed by atoms with Crippen LogP contribution < -0.4 is 0 Å². The molecule has 0 saturated carbocycles. The first kappa shape index (κ1) is 17.2. The smallest absolute Gasteiger partial charge is 0.412 e. The van der Waals surface area contributed by atoms with Gasteiger partial charge in [0.15, 0.2) is 0 Å². The van der Waals surface area contributed by atoms with Crippen LogP contribution in [0.15, 0.2) is 0 Å².